The normalized spacial score (nSPS) is 11.4. The molecule has 7 heteroatoms. The van der Waals surface area contributed by atoms with Crippen LogP contribution in [-0.2, 0) is 0 Å². The van der Waals surface area contributed by atoms with E-state index in [1.54, 1.807) is 22.8 Å². The highest BCUT2D eigenvalue weighted by atomic mass is 35.5. The maximum absolute atomic E-state index is 12.8. The zero-order chi connectivity index (χ0) is 18.7. The summed E-state index contributed by atoms with van der Waals surface area (Å²) in [5.41, 5.74) is 0.551. The lowest BCUT2D eigenvalue weighted by Gasteiger charge is -2.16. The van der Waals surface area contributed by atoms with E-state index in [0.29, 0.717) is 27.5 Å². The predicted molar refractivity (Wildman–Crippen MR) is 110 cm³/mol. The topological polar surface area (TPSA) is 52.0 Å². The van der Waals surface area contributed by atoms with Crippen LogP contribution in [0.25, 0.3) is 10.9 Å². The molecular formula is C19H19ClN2O2S2. The van der Waals surface area contributed by atoms with Gasteiger partial charge in [0.1, 0.15) is 0 Å². The molecule has 0 saturated carbocycles. The van der Waals surface area contributed by atoms with Gasteiger partial charge in [-0.1, -0.05) is 29.4 Å². The van der Waals surface area contributed by atoms with Crippen molar-refractivity contribution in [1.29, 1.82) is 0 Å². The zero-order valence-electron chi connectivity index (χ0n) is 14.6. The van der Waals surface area contributed by atoms with Crippen LogP contribution >= 0.6 is 34.7 Å². The van der Waals surface area contributed by atoms with E-state index >= 15 is 0 Å². The lowest BCUT2D eigenvalue weighted by Crippen LogP contribution is -2.25. The van der Waals surface area contributed by atoms with Gasteiger partial charge in [-0.05, 0) is 49.9 Å². The van der Waals surface area contributed by atoms with Crippen LogP contribution in [0.15, 0.2) is 45.7 Å². The Hall–Kier alpha value is -1.63. The average Bonchev–Trinajstić information content (AvgIpc) is 3.12. The van der Waals surface area contributed by atoms with Crippen LogP contribution in [0.2, 0.25) is 5.02 Å². The molecule has 2 heterocycles. The molecule has 1 aromatic carbocycles. The third-order valence-corrected chi connectivity index (χ3v) is 6.11. The minimum atomic E-state index is -0.0566. The standard InChI is InChI=1S/C19H19ClN2O2S2/c1-12(2)22-18(24)14-8-7-13(20)11-15(14)21-19(22)26-10-3-5-16(23)17-6-4-9-25-17/h4,6-9,11-12H,3,5,10H2,1-2H3. The van der Waals surface area contributed by atoms with E-state index in [-0.39, 0.29) is 17.4 Å². The van der Waals surface area contributed by atoms with Crippen molar-refractivity contribution >= 4 is 51.4 Å². The molecule has 136 valence electrons. The number of carbonyl (C=O) groups is 1. The number of hydrogen-bond acceptors (Lipinski definition) is 5. The number of rotatable bonds is 7. The maximum Gasteiger partial charge on any atom is 0.262 e. The molecule has 26 heavy (non-hydrogen) atoms. The molecule has 2 aromatic heterocycles. The number of fused-ring (bicyclic) bond motifs is 1. The van der Waals surface area contributed by atoms with E-state index < -0.39 is 0 Å². The van der Waals surface area contributed by atoms with Gasteiger partial charge in [-0.3, -0.25) is 14.2 Å². The Kier molecular flexibility index (Phi) is 6.16. The Morgan fingerprint density at radius 2 is 2.15 bits per heavy atom. The SMILES string of the molecule is CC(C)n1c(SCCCC(=O)c2cccs2)nc2cc(Cl)ccc2c1=O. The van der Waals surface area contributed by atoms with Crippen LogP contribution in [-0.4, -0.2) is 21.1 Å². The number of halogens is 1. The molecule has 0 bridgehead atoms. The molecule has 0 spiro atoms. The number of Topliss-reactive ketones (excluding diaryl/α,β-unsaturated/α-hetero) is 1. The van der Waals surface area contributed by atoms with Crippen molar-refractivity contribution in [3.05, 3.63) is 56.0 Å². The number of thiophene rings is 1. The molecule has 0 saturated heterocycles. The van der Waals surface area contributed by atoms with Gasteiger partial charge in [0.2, 0.25) is 0 Å². The van der Waals surface area contributed by atoms with E-state index in [4.69, 9.17) is 11.6 Å². The summed E-state index contributed by atoms with van der Waals surface area (Å²) in [5, 5.41) is 3.71. The van der Waals surface area contributed by atoms with Crippen molar-refractivity contribution in [3.63, 3.8) is 0 Å². The summed E-state index contributed by atoms with van der Waals surface area (Å²) in [6.45, 7) is 3.93. The molecule has 0 amide bonds. The molecule has 0 aliphatic heterocycles. The lowest BCUT2D eigenvalue weighted by molar-refractivity contribution is 0.0986. The van der Waals surface area contributed by atoms with Gasteiger partial charge in [-0.25, -0.2) is 4.98 Å². The van der Waals surface area contributed by atoms with Crippen molar-refractivity contribution in [3.8, 4) is 0 Å². The average molecular weight is 407 g/mol. The highest BCUT2D eigenvalue weighted by molar-refractivity contribution is 7.99. The summed E-state index contributed by atoms with van der Waals surface area (Å²) in [4.78, 5) is 30.3. The molecule has 0 radical (unpaired) electrons. The number of ketones is 1. The second-order valence-electron chi connectivity index (χ2n) is 6.18. The van der Waals surface area contributed by atoms with Crippen molar-refractivity contribution in [2.45, 2.75) is 37.9 Å². The van der Waals surface area contributed by atoms with Crippen LogP contribution in [0.1, 0.15) is 42.4 Å². The smallest absolute Gasteiger partial charge is 0.262 e. The molecule has 4 nitrogen and oxygen atoms in total. The van der Waals surface area contributed by atoms with Crippen molar-refractivity contribution < 1.29 is 4.79 Å². The Morgan fingerprint density at radius 1 is 1.35 bits per heavy atom. The van der Waals surface area contributed by atoms with Crippen LogP contribution in [0.4, 0.5) is 0 Å². The van der Waals surface area contributed by atoms with Crippen LogP contribution in [0.3, 0.4) is 0 Å². The molecule has 0 N–H and O–H groups in total. The van der Waals surface area contributed by atoms with Crippen molar-refractivity contribution in [1.82, 2.24) is 9.55 Å². The highest BCUT2D eigenvalue weighted by Gasteiger charge is 2.14. The van der Waals surface area contributed by atoms with Gasteiger partial charge in [0.05, 0.1) is 15.8 Å². The molecule has 0 aliphatic rings. The fourth-order valence-electron chi connectivity index (χ4n) is 2.67. The lowest BCUT2D eigenvalue weighted by atomic mass is 10.2. The van der Waals surface area contributed by atoms with Crippen molar-refractivity contribution in [2.75, 3.05) is 5.75 Å². The Balaban J connectivity index is 1.77. The summed E-state index contributed by atoms with van der Waals surface area (Å²) in [6, 6.07) is 8.89. The van der Waals surface area contributed by atoms with E-state index in [2.05, 4.69) is 4.98 Å². The minimum Gasteiger partial charge on any atom is -0.293 e. The van der Waals surface area contributed by atoms with Gasteiger partial charge in [0.25, 0.3) is 5.56 Å². The van der Waals surface area contributed by atoms with Gasteiger partial charge in [0.15, 0.2) is 10.9 Å². The first-order valence-corrected chi connectivity index (χ1v) is 10.6. The number of hydrogen-bond donors (Lipinski definition) is 0. The first kappa shape index (κ1) is 19.1. The van der Waals surface area contributed by atoms with Crippen LogP contribution < -0.4 is 5.56 Å². The minimum absolute atomic E-state index is 0.00493. The number of aromatic nitrogens is 2. The van der Waals surface area contributed by atoms with E-state index in [9.17, 15) is 9.59 Å². The van der Waals surface area contributed by atoms with Gasteiger partial charge in [-0.15, -0.1) is 11.3 Å². The van der Waals surface area contributed by atoms with Crippen LogP contribution in [0.5, 0.6) is 0 Å². The summed E-state index contributed by atoms with van der Waals surface area (Å²) < 4.78 is 1.71. The van der Waals surface area contributed by atoms with Gasteiger partial charge in [-0.2, -0.15) is 0 Å². The largest absolute Gasteiger partial charge is 0.293 e. The number of nitrogens with zero attached hydrogens (tertiary/aromatic N) is 2. The number of benzene rings is 1. The summed E-state index contributed by atoms with van der Waals surface area (Å²) in [7, 11) is 0. The second kappa shape index (κ2) is 8.37. The fourth-order valence-corrected chi connectivity index (χ4v) is 4.59. The molecule has 3 rings (SSSR count). The quantitative estimate of drug-likeness (QED) is 0.226. The number of thioether (sulfide) groups is 1. The first-order valence-electron chi connectivity index (χ1n) is 8.38. The maximum atomic E-state index is 12.8. The Labute approximate surface area is 165 Å². The van der Waals surface area contributed by atoms with E-state index in [1.165, 1.54) is 23.1 Å². The molecular weight excluding hydrogens is 388 g/mol. The van der Waals surface area contributed by atoms with Gasteiger partial charge < -0.3 is 0 Å². The fraction of sp³-hybridized carbons (Fsp3) is 0.316. The van der Waals surface area contributed by atoms with E-state index in [1.807, 2.05) is 31.4 Å². The molecule has 0 atom stereocenters. The zero-order valence-corrected chi connectivity index (χ0v) is 17.0. The highest BCUT2D eigenvalue weighted by Crippen LogP contribution is 2.24. The third kappa shape index (κ3) is 4.19. The Morgan fingerprint density at radius 3 is 2.85 bits per heavy atom. The monoisotopic (exact) mass is 406 g/mol. The summed E-state index contributed by atoms with van der Waals surface area (Å²) >= 11 is 9.02. The predicted octanol–water partition coefficient (Wildman–Crippen LogP) is 5.45. The van der Waals surface area contributed by atoms with Crippen LogP contribution in [0, 0.1) is 0 Å². The molecule has 0 fully saturated rings. The molecule has 3 aromatic rings. The summed E-state index contributed by atoms with van der Waals surface area (Å²) in [5.74, 6) is 0.891. The second-order valence-corrected chi connectivity index (χ2v) is 8.62. The van der Waals surface area contributed by atoms with Gasteiger partial charge in [0, 0.05) is 23.2 Å². The van der Waals surface area contributed by atoms with E-state index in [0.717, 1.165) is 17.1 Å². The number of carbonyl (C=O) groups excluding carboxylic acids is 1. The third-order valence-electron chi connectivity index (χ3n) is 3.92. The Bertz CT molecular complexity index is 981. The van der Waals surface area contributed by atoms with Gasteiger partial charge >= 0.3 is 0 Å². The molecule has 0 aliphatic carbocycles. The molecule has 0 unspecified atom stereocenters. The van der Waals surface area contributed by atoms with Crippen molar-refractivity contribution in [2.24, 2.45) is 0 Å². The summed E-state index contributed by atoms with van der Waals surface area (Å²) in [6.07, 6.45) is 1.24. The first-order chi connectivity index (χ1) is 12.5.